The molecule has 0 atom stereocenters. The first-order valence-corrected chi connectivity index (χ1v) is 13.6. The molecular formula is C34H39F. The molecule has 0 radical (unpaired) electrons. The number of unbranched alkanes of at least 4 members (excludes halogenated alkanes) is 3. The fourth-order valence-electron chi connectivity index (χ4n) is 5.45. The maximum Gasteiger partial charge on any atom is 0.146 e. The third-order valence-corrected chi connectivity index (χ3v) is 7.69. The van der Waals surface area contributed by atoms with Crippen molar-refractivity contribution in [3.8, 4) is 11.8 Å². The van der Waals surface area contributed by atoms with Gasteiger partial charge in [0, 0.05) is 10.9 Å². The van der Waals surface area contributed by atoms with E-state index in [0.717, 1.165) is 29.7 Å². The fourth-order valence-corrected chi connectivity index (χ4v) is 5.45. The Morgan fingerprint density at radius 2 is 1.71 bits per heavy atom. The number of rotatable bonds is 9. The minimum absolute atomic E-state index is 0.206. The summed E-state index contributed by atoms with van der Waals surface area (Å²) < 4.78 is 15.3. The quantitative estimate of drug-likeness (QED) is 0.167. The molecule has 0 N–H and O–H groups in total. The molecule has 0 amide bonds. The van der Waals surface area contributed by atoms with Crippen molar-refractivity contribution < 1.29 is 4.39 Å². The Hall–Kier alpha value is -2.85. The zero-order valence-electron chi connectivity index (χ0n) is 21.3. The van der Waals surface area contributed by atoms with Crippen LogP contribution in [0.4, 0.5) is 4.39 Å². The molecule has 1 aliphatic rings. The zero-order valence-corrected chi connectivity index (χ0v) is 21.3. The van der Waals surface area contributed by atoms with Gasteiger partial charge in [-0.05, 0) is 97.9 Å². The minimum Gasteiger partial charge on any atom is -0.205 e. The molecule has 0 nitrogen and oxygen atoms in total. The van der Waals surface area contributed by atoms with Crippen LogP contribution in [0.25, 0.3) is 10.8 Å². The van der Waals surface area contributed by atoms with Gasteiger partial charge >= 0.3 is 0 Å². The van der Waals surface area contributed by atoms with E-state index in [9.17, 15) is 0 Å². The first-order valence-electron chi connectivity index (χ1n) is 13.6. The van der Waals surface area contributed by atoms with Gasteiger partial charge in [0.1, 0.15) is 5.82 Å². The predicted molar refractivity (Wildman–Crippen MR) is 148 cm³/mol. The van der Waals surface area contributed by atoms with Crippen LogP contribution in [-0.2, 0) is 6.42 Å². The van der Waals surface area contributed by atoms with Crippen molar-refractivity contribution in [2.75, 3.05) is 0 Å². The highest BCUT2D eigenvalue weighted by atomic mass is 19.1. The zero-order chi connectivity index (χ0) is 24.5. The molecule has 0 bridgehead atoms. The molecule has 0 aliphatic heterocycles. The molecule has 4 rings (SSSR count). The smallest absolute Gasteiger partial charge is 0.146 e. The largest absolute Gasteiger partial charge is 0.205 e. The first-order chi connectivity index (χ1) is 17.2. The van der Waals surface area contributed by atoms with Gasteiger partial charge in [0.05, 0.1) is 5.56 Å². The lowest BCUT2D eigenvalue weighted by molar-refractivity contribution is 0.312. The number of fused-ring (bicyclic) bond motifs is 1. The maximum absolute atomic E-state index is 15.3. The molecule has 1 heteroatoms. The Balaban J connectivity index is 1.41. The Morgan fingerprint density at radius 3 is 2.46 bits per heavy atom. The van der Waals surface area contributed by atoms with E-state index in [-0.39, 0.29) is 5.82 Å². The molecule has 0 aromatic heterocycles. The molecule has 0 heterocycles. The number of allylic oxidation sites excluding steroid dienone is 1. The summed E-state index contributed by atoms with van der Waals surface area (Å²) in [5.41, 5.74) is 4.11. The van der Waals surface area contributed by atoms with Crippen molar-refractivity contribution in [2.24, 2.45) is 5.92 Å². The Kier molecular flexibility index (Phi) is 9.19. The number of hydrogen-bond donors (Lipinski definition) is 0. The molecule has 3 aromatic rings. The summed E-state index contributed by atoms with van der Waals surface area (Å²) in [4.78, 5) is 0. The molecule has 3 aromatic carbocycles. The normalized spacial score (nSPS) is 17.7. The first kappa shape index (κ1) is 25.2. The number of halogens is 1. The van der Waals surface area contributed by atoms with Crippen LogP contribution in [-0.4, -0.2) is 0 Å². The second-order valence-electron chi connectivity index (χ2n) is 10.2. The van der Waals surface area contributed by atoms with Crippen molar-refractivity contribution in [2.45, 2.75) is 83.5 Å². The van der Waals surface area contributed by atoms with E-state index in [0.29, 0.717) is 16.9 Å². The summed E-state index contributed by atoms with van der Waals surface area (Å²) in [6, 6.07) is 18.6. The molecule has 0 saturated heterocycles. The van der Waals surface area contributed by atoms with Crippen molar-refractivity contribution in [1.82, 2.24) is 0 Å². The van der Waals surface area contributed by atoms with Crippen molar-refractivity contribution in [3.63, 3.8) is 0 Å². The van der Waals surface area contributed by atoms with Crippen molar-refractivity contribution in [1.29, 1.82) is 0 Å². The topological polar surface area (TPSA) is 0 Å². The lowest BCUT2D eigenvalue weighted by Gasteiger charge is -2.28. The molecule has 1 fully saturated rings. The van der Waals surface area contributed by atoms with Gasteiger partial charge in [-0.3, -0.25) is 0 Å². The second-order valence-corrected chi connectivity index (χ2v) is 10.2. The van der Waals surface area contributed by atoms with E-state index >= 15 is 4.39 Å². The highest BCUT2D eigenvalue weighted by Crippen LogP contribution is 2.38. The fraction of sp³-hybridized carbons (Fsp3) is 0.412. The molecular weight excluding hydrogens is 427 g/mol. The van der Waals surface area contributed by atoms with Crippen LogP contribution in [0.5, 0.6) is 0 Å². The van der Waals surface area contributed by atoms with Crippen LogP contribution in [0.15, 0.2) is 67.3 Å². The van der Waals surface area contributed by atoms with Gasteiger partial charge < -0.3 is 0 Å². The van der Waals surface area contributed by atoms with Gasteiger partial charge in [0.15, 0.2) is 0 Å². The summed E-state index contributed by atoms with van der Waals surface area (Å²) in [5.74, 6) is 7.45. The summed E-state index contributed by atoms with van der Waals surface area (Å²) in [7, 11) is 0. The molecule has 182 valence electrons. The van der Waals surface area contributed by atoms with Crippen molar-refractivity contribution in [3.05, 3.63) is 95.3 Å². The minimum atomic E-state index is -0.206. The maximum atomic E-state index is 15.3. The van der Waals surface area contributed by atoms with E-state index in [4.69, 9.17) is 0 Å². The highest BCUT2D eigenvalue weighted by molar-refractivity contribution is 5.85. The Morgan fingerprint density at radius 1 is 0.914 bits per heavy atom. The number of hydrogen-bond acceptors (Lipinski definition) is 0. The highest BCUT2D eigenvalue weighted by Gasteiger charge is 2.22. The molecule has 35 heavy (non-hydrogen) atoms. The average molecular weight is 467 g/mol. The molecule has 1 saturated carbocycles. The standard InChI is InChI=1S/C34H39F/c1-3-5-7-8-10-27-11-13-28(14-12-27)17-20-30-21-22-32-25-31(23-24-33(32)34(30)35)29-18-15-26(16-19-29)9-6-4-2/h4,11-14,21-26,29H,2-3,5-10,15-16,18-19H2,1H3. The van der Waals surface area contributed by atoms with Gasteiger partial charge in [-0.2, -0.15) is 0 Å². The van der Waals surface area contributed by atoms with E-state index in [1.807, 2.05) is 24.3 Å². The lowest BCUT2D eigenvalue weighted by atomic mass is 9.77. The number of benzene rings is 3. The van der Waals surface area contributed by atoms with Crippen LogP contribution in [0, 0.1) is 23.6 Å². The Labute approximate surface area is 211 Å². The van der Waals surface area contributed by atoms with Gasteiger partial charge in [-0.1, -0.05) is 80.5 Å². The number of aryl methyl sites for hydroxylation is 1. The third-order valence-electron chi connectivity index (χ3n) is 7.69. The van der Waals surface area contributed by atoms with Crippen LogP contribution >= 0.6 is 0 Å². The van der Waals surface area contributed by atoms with Crippen LogP contribution < -0.4 is 0 Å². The monoisotopic (exact) mass is 466 g/mol. The summed E-state index contributed by atoms with van der Waals surface area (Å²) in [6.45, 7) is 6.09. The molecule has 0 unspecified atom stereocenters. The van der Waals surface area contributed by atoms with Gasteiger partial charge in [0.2, 0.25) is 0 Å². The van der Waals surface area contributed by atoms with E-state index in [1.54, 1.807) is 0 Å². The van der Waals surface area contributed by atoms with Crippen LogP contribution in [0.2, 0.25) is 0 Å². The molecule has 0 spiro atoms. The van der Waals surface area contributed by atoms with E-state index < -0.39 is 0 Å². The van der Waals surface area contributed by atoms with E-state index in [1.165, 1.54) is 68.9 Å². The average Bonchev–Trinajstić information content (AvgIpc) is 2.90. The van der Waals surface area contributed by atoms with Crippen LogP contribution in [0.3, 0.4) is 0 Å². The van der Waals surface area contributed by atoms with Gasteiger partial charge in [-0.15, -0.1) is 6.58 Å². The van der Waals surface area contributed by atoms with Crippen molar-refractivity contribution >= 4 is 10.8 Å². The van der Waals surface area contributed by atoms with E-state index in [2.05, 4.69) is 61.7 Å². The summed E-state index contributed by atoms with van der Waals surface area (Å²) >= 11 is 0. The van der Waals surface area contributed by atoms with Gasteiger partial charge in [0.25, 0.3) is 0 Å². The Bertz CT molecular complexity index is 1170. The second kappa shape index (κ2) is 12.7. The third kappa shape index (κ3) is 6.85. The lowest BCUT2D eigenvalue weighted by Crippen LogP contribution is -2.13. The molecule has 1 aliphatic carbocycles. The summed E-state index contributed by atoms with van der Waals surface area (Å²) in [5, 5.41) is 1.65. The summed E-state index contributed by atoms with van der Waals surface area (Å²) in [6.07, 6.45) is 15.7. The van der Waals surface area contributed by atoms with Crippen LogP contribution in [0.1, 0.15) is 99.3 Å². The SMILES string of the molecule is C=CCCC1CCC(c2ccc3c(F)c(C#Cc4ccc(CCCCCC)cc4)ccc3c2)CC1. The van der Waals surface area contributed by atoms with Gasteiger partial charge in [-0.25, -0.2) is 4.39 Å². The predicted octanol–water partition coefficient (Wildman–Crippen LogP) is 9.74.